The van der Waals surface area contributed by atoms with Crippen LogP contribution in [-0.4, -0.2) is 17.6 Å². The van der Waals surface area contributed by atoms with Crippen LogP contribution in [0.3, 0.4) is 0 Å². The van der Waals surface area contributed by atoms with Crippen molar-refractivity contribution in [2.24, 2.45) is 5.92 Å². The lowest BCUT2D eigenvalue weighted by atomic mass is 10.1. The molecule has 0 spiro atoms. The molecule has 1 aromatic heterocycles. The number of hydrogen-bond acceptors (Lipinski definition) is 3. The average Bonchev–Trinajstić information content (AvgIpc) is 3.37. The number of hydrogen-bond donors (Lipinski definition) is 1. The number of nitrogens with zero attached hydrogens (tertiary/aromatic N) is 2. The highest BCUT2D eigenvalue weighted by atomic mass is 15.2. The van der Waals surface area contributed by atoms with Crippen molar-refractivity contribution in [2.75, 3.05) is 11.4 Å². The zero-order valence-corrected chi connectivity index (χ0v) is 15.9. The topological polar surface area (TPSA) is 28.2 Å². The number of anilines is 1. The first-order valence-electron chi connectivity index (χ1n) is 9.33. The zero-order chi connectivity index (χ0) is 17.7. The van der Waals surface area contributed by atoms with E-state index in [0.717, 1.165) is 54.6 Å². The Hall–Kier alpha value is -1.77. The van der Waals surface area contributed by atoms with Gasteiger partial charge in [0, 0.05) is 18.3 Å². The molecule has 1 N–H and O–H groups in total. The van der Waals surface area contributed by atoms with E-state index < -0.39 is 0 Å². The van der Waals surface area contributed by atoms with Crippen LogP contribution in [0.5, 0.6) is 0 Å². The average molecular weight is 328 g/mol. The molecule has 3 nitrogen and oxygen atoms in total. The van der Waals surface area contributed by atoms with Gasteiger partial charge in [0.25, 0.3) is 0 Å². The number of aromatic nitrogens is 1. The van der Waals surface area contributed by atoms with Crippen molar-refractivity contribution in [1.29, 1.82) is 0 Å². The van der Waals surface area contributed by atoms with Gasteiger partial charge in [-0.2, -0.15) is 0 Å². The van der Waals surface area contributed by atoms with Crippen molar-refractivity contribution in [3.05, 3.63) is 42.2 Å². The Morgan fingerprint density at radius 1 is 1.33 bits per heavy atom. The molecule has 3 heteroatoms. The summed E-state index contributed by atoms with van der Waals surface area (Å²) in [5.41, 5.74) is 4.10. The fourth-order valence-corrected chi connectivity index (χ4v) is 3.12. The van der Waals surface area contributed by atoms with Crippen LogP contribution in [0.1, 0.15) is 64.1 Å². The lowest BCUT2D eigenvalue weighted by Gasteiger charge is -2.33. The SMILES string of the molecule is C=C(NCC1CC1)c1ccc(C)c(N(C(=C)C)C(CC)CCC)n1. The van der Waals surface area contributed by atoms with E-state index in [0.29, 0.717) is 6.04 Å². The van der Waals surface area contributed by atoms with Gasteiger partial charge in [-0.25, -0.2) is 4.98 Å². The Kier molecular flexibility index (Phi) is 6.47. The van der Waals surface area contributed by atoms with Crippen molar-refractivity contribution in [1.82, 2.24) is 10.3 Å². The van der Waals surface area contributed by atoms with Crippen molar-refractivity contribution < 1.29 is 0 Å². The highest BCUT2D eigenvalue weighted by Crippen LogP contribution is 2.30. The standard InChI is InChI=1S/C21H33N3/c1-7-9-19(8-2)24(15(3)4)21-16(5)10-13-20(23-21)17(6)22-14-18-11-12-18/h10,13,18-19,22H,3,6-9,11-12,14H2,1-2,4-5H3. The van der Waals surface area contributed by atoms with Crippen LogP contribution in [-0.2, 0) is 0 Å². The van der Waals surface area contributed by atoms with Gasteiger partial charge >= 0.3 is 0 Å². The Balaban J connectivity index is 2.26. The van der Waals surface area contributed by atoms with E-state index in [1.165, 1.54) is 18.4 Å². The smallest absolute Gasteiger partial charge is 0.136 e. The largest absolute Gasteiger partial charge is 0.384 e. The minimum Gasteiger partial charge on any atom is -0.384 e. The van der Waals surface area contributed by atoms with E-state index in [-0.39, 0.29) is 0 Å². The van der Waals surface area contributed by atoms with E-state index in [2.05, 4.69) is 63.2 Å². The summed E-state index contributed by atoms with van der Waals surface area (Å²) in [5.74, 6) is 1.85. The Morgan fingerprint density at radius 3 is 2.58 bits per heavy atom. The van der Waals surface area contributed by atoms with Gasteiger partial charge in [-0.3, -0.25) is 0 Å². The molecule has 2 rings (SSSR count). The fourth-order valence-electron chi connectivity index (χ4n) is 3.12. The number of nitrogens with one attached hydrogen (secondary N) is 1. The third kappa shape index (κ3) is 4.62. The zero-order valence-electron chi connectivity index (χ0n) is 15.9. The first-order valence-corrected chi connectivity index (χ1v) is 9.33. The van der Waals surface area contributed by atoms with E-state index in [1.54, 1.807) is 0 Å². The van der Waals surface area contributed by atoms with Crippen LogP contribution in [0.15, 0.2) is 31.0 Å². The summed E-state index contributed by atoms with van der Waals surface area (Å²) in [6.07, 6.45) is 6.08. The summed E-state index contributed by atoms with van der Waals surface area (Å²) in [6.45, 7) is 18.1. The Labute approximate surface area is 147 Å². The molecular weight excluding hydrogens is 294 g/mol. The normalized spacial score (nSPS) is 15.0. The van der Waals surface area contributed by atoms with Gasteiger partial charge in [-0.05, 0) is 57.1 Å². The second-order valence-corrected chi connectivity index (χ2v) is 7.10. The molecule has 1 atom stereocenters. The molecule has 1 aliphatic rings. The van der Waals surface area contributed by atoms with Crippen LogP contribution in [0.2, 0.25) is 0 Å². The molecule has 1 unspecified atom stereocenters. The van der Waals surface area contributed by atoms with Crippen LogP contribution < -0.4 is 10.2 Å². The van der Waals surface area contributed by atoms with Crippen LogP contribution in [0, 0.1) is 12.8 Å². The maximum Gasteiger partial charge on any atom is 0.136 e. The molecule has 0 aliphatic heterocycles. The first kappa shape index (κ1) is 18.6. The fraction of sp³-hybridized carbons (Fsp3) is 0.571. The summed E-state index contributed by atoms with van der Waals surface area (Å²) >= 11 is 0. The van der Waals surface area contributed by atoms with Gasteiger partial charge in [-0.15, -0.1) is 0 Å². The predicted octanol–water partition coefficient (Wildman–Crippen LogP) is 5.28. The molecule has 1 fully saturated rings. The van der Waals surface area contributed by atoms with Gasteiger partial charge < -0.3 is 10.2 Å². The van der Waals surface area contributed by atoms with Gasteiger partial charge in [0.05, 0.1) is 11.4 Å². The van der Waals surface area contributed by atoms with E-state index in [4.69, 9.17) is 4.98 Å². The summed E-state index contributed by atoms with van der Waals surface area (Å²) in [7, 11) is 0. The molecule has 0 aromatic carbocycles. The summed E-state index contributed by atoms with van der Waals surface area (Å²) in [6, 6.07) is 4.66. The molecule has 0 amide bonds. The van der Waals surface area contributed by atoms with E-state index in [9.17, 15) is 0 Å². The second-order valence-electron chi connectivity index (χ2n) is 7.10. The third-order valence-electron chi connectivity index (χ3n) is 4.78. The minimum absolute atomic E-state index is 0.446. The molecule has 24 heavy (non-hydrogen) atoms. The second kappa shape index (κ2) is 8.36. The molecule has 1 heterocycles. The van der Waals surface area contributed by atoms with Gasteiger partial charge in [0.2, 0.25) is 0 Å². The number of aryl methyl sites for hydroxylation is 1. The highest BCUT2D eigenvalue weighted by Gasteiger charge is 2.23. The predicted molar refractivity (Wildman–Crippen MR) is 105 cm³/mol. The lowest BCUT2D eigenvalue weighted by molar-refractivity contribution is 0.554. The molecule has 0 saturated heterocycles. The monoisotopic (exact) mass is 327 g/mol. The van der Waals surface area contributed by atoms with Crippen LogP contribution >= 0.6 is 0 Å². The summed E-state index contributed by atoms with van der Waals surface area (Å²) < 4.78 is 0. The van der Waals surface area contributed by atoms with Gasteiger partial charge in [0.1, 0.15) is 5.82 Å². The minimum atomic E-state index is 0.446. The molecule has 1 aromatic rings. The maximum absolute atomic E-state index is 4.95. The number of allylic oxidation sites excluding steroid dienone is 1. The number of rotatable bonds is 10. The number of pyridine rings is 1. The Morgan fingerprint density at radius 2 is 2.04 bits per heavy atom. The molecular formula is C21H33N3. The van der Waals surface area contributed by atoms with Crippen molar-refractivity contribution in [2.45, 2.75) is 65.8 Å². The quantitative estimate of drug-likeness (QED) is 0.634. The molecule has 0 radical (unpaired) electrons. The highest BCUT2D eigenvalue weighted by molar-refractivity contribution is 5.63. The van der Waals surface area contributed by atoms with E-state index >= 15 is 0 Å². The van der Waals surface area contributed by atoms with Crippen LogP contribution in [0.4, 0.5) is 5.82 Å². The van der Waals surface area contributed by atoms with Crippen molar-refractivity contribution >= 4 is 11.5 Å². The van der Waals surface area contributed by atoms with Crippen LogP contribution in [0.25, 0.3) is 5.70 Å². The van der Waals surface area contributed by atoms with Crippen molar-refractivity contribution in [3.63, 3.8) is 0 Å². The van der Waals surface area contributed by atoms with E-state index in [1.807, 2.05) is 0 Å². The first-order chi connectivity index (χ1) is 11.5. The van der Waals surface area contributed by atoms with Crippen molar-refractivity contribution in [3.8, 4) is 0 Å². The van der Waals surface area contributed by atoms with Gasteiger partial charge in [-0.1, -0.05) is 39.5 Å². The molecule has 132 valence electrons. The maximum atomic E-state index is 4.95. The molecule has 1 aliphatic carbocycles. The molecule has 1 saturated carbocycles. The van der Waals surface area contributed by atoms with Gasteiger partial charge in [0.15, 0.2) is 0 Å². The molecule has 0 bridgehead atoms. The Bertz CT molecular complexity index is 587. The lowest BCUT2D eigenvalue weighted by Crippen LogP contribution is -2.34. The summed E-state index contributed by atoms with van der Waals surface area (Å²) in [5, 5.41) is 3.45. The summed E-state index contributed by atoms with van der Waals surface area (Å²) in [4.78, 5) is 7.26. The third-order valence-corrected chi connectivity index (χ3v) is 4.78.